The molecule has 0 saturated heterocycles. The quantitative estimate of drug-likeness (QED) is 0.0583. The number of hydrogen-bond donors (Lipinski definition) is 0. The van der Waals surface area contributed by atoms with Gasteiger partial charge in [-0.3, -0.25) is 0 Å². The molecule has 0 nitrogen and oxygen atoms in total. The summed E-state index contributed by atoms with van der Waals surface area (Å²) in [4.78, 5) is 0. The van der Waals surface area contributed by atoms with E-state index < -0.39 is 8.07 Å². The molecule has 0 heterocycles. The lowest BCUT2D eigenvalue weighted by atomic mass is 10.1. The molecule has 0 atom stereocenters. The largest absolute Gasteiger partial charge is 0.0867 e. The second kappa shape index (κ2) is 29.5. The Hall–Kier alpha value is -0.563. The third-order valence-electron chi connectivity index (χ3n) is 9.91. The third kappa shape index (κ3) is 21.7. The minimum atomic E-state index is -1.43. The molecule has 0 bridgehead atoms. The molecule has 0 amide bonds. The van der Waals surface area contributed by atoms with Crippen LogP contribution in [0, 0.1) is 0 Å². The Balaban J connectivity index is 2.54. The van der Waals surface area contributed by atoms with Crippen LogP contribution in [0.25, 0.3) is 0 Å². The highest BCUT2D eigenvalue weighted by atomic mass is 28.3. The van der Waals surface area contributed by atoms with Crippen molar-refractivity contribution in [3.8, 4) is 0 Å². The number of unbranched alkanes of at least 4 members (excludes halogenated alkanes) is 25. The Bertz CT molecular complexity index is 603. The van der Waals surface area contributed by atoms with Gasteiger partial charge in [0.2, 0.25) is 0 Å². The summed E-state index contributed by atoms with van der Waals surface area (Å²) in [5, 5.41) is 1.80. The second-order valence-electron chi connectivity index (χ2n) is 13.7. The standard InChI is InChI=1S/C40H76Si/c1-4-7-10-13-16-19-20-21-22-25-28-34-39-41(40-35-30-29-31-36-40,37-32-26-23-17-14-11-8-5-2)38-33-27-24-18-15-12-9-6-3/h29-31,35-36H,4-28,32-34,37-39H2,1-3H3. The first kappa shape index (κ1) is 38.5. The molecule has 0 aromatic heterocycles. The van der Waals surface area contributed by atoms with Crippen LogP contribution in [-0.4, -0.2) is 8.07 Å². The van der Waals surface area contributed by atoms with Crippen molar-refractivity contribution >= 4 is 13.3 Å². The highest BCUT2D eigenvalue weighted by Gasteiger charge is 2.33. The summed E-state index contributed by atoms with van der Waals surface area (Å²) in [6.07, 6.45) is 40.8. The Kier molecular flexibility index (Phi) is 27.7. The zero-order valence-corrected chi connectivity index (χ0v) is 29.8. The molecule has 0 aliphatic heterocycles. The van der Waals surface area contributed by atoms with Crippen molar-refractivity contribution in [2.24, 2.45) is 0 Å². The predicted octanol–water partition coefficient (Wildman–Crippen LogP) is 14.3. The van der Waals surface area contributed by atoms with Crippen LogP contribution in [0.4, 0.5) is 0 Å². The van der Waals surface area contributed by atoms with Crippen molar-refractivity contribution in [3.63, 3.8) is 0 Å². The normalized spacial score (nSPS) is 11.9. The van der Waals surface area contributed by atoms with Gasteiger partial charge in [-0.1, -0.05) is 254 Å². The van der Waals surface area contributed by atoms with E-state index in [0.717, 1.165) is 0 Å². The Labute approximate surface area is 261 Å². The predicted molar refractivity (Wildman–Crippen MR) is 193 cm³/mol. The number of rotatable bonds is 32. The van der Waals surface area contributed by atoms with E-state index in [-0.39, 0.29) is 0 Å². The molecule has 0 saturated carbocycles. The summed E-state index contributed by atoms with van der Waals surface area (Å²) in [5.41, 5.74) is 0. The van der Waals surface area contributed by atoms with Crippen LogP contribution in [0.3, 0.4) is 0 Å². The SMILES string of the molecule is CCCCCCCCCCCCCC[Si](CCCCCCCCCC)(CCCCCCCCCC)c1ccccc1. The fraction of sp³-hybridized carbons (Fsp3) is 0.850. The number of hydrogen-bond acceptors (Lipinski definition) is 0. The van der Waals surface area contributed by atoms with Crippen molar-refractivity contribution < 1.29 is 0 Å². The van der Waals surface area contributed by atoms with E-state index >= 15 is 0 Å². The van der Waals surface area contributed by atoms with Crippen LogP contribution in [0.1, 0.15) is 201 Å². The van der Waals surface area contributed by atoms with Crippen molar-refractivity contribution in [2.75, 3.05) is 0 Å². The number of benzene rings is 1. The van der Waals surface area contributed by atoms with Crippen molar-refractivity contribution in [2.45, 2.75) is 219 Å². The Morgan fingerprint density at radius 2 is 0.561 bits per heavy atom. The van der Waals surface area contributed by atoms with Crippen molar-refractivity contribution in [1.29, 1.82) is 0 Å². The highest BCUT2D eigenvalue weighted by molar-refractivity contribution is 6.91. The van der Waals surface area contributed by atoms with Crippen LogP contribution >= 0.6 is 0 Å². The van der Waals surface area contributed by atoms with E-state index in [9.17, 15) is 0 Å². The lowest BCUT2D eigenvalue weighted by molar-refractivity contribution is 0.547. The highest BCUT2D eigenvalue weighted by Crippen LogP contribution is 2.30. The van der Waals surface area contributed by atoms with Gasteiger partial charge in [-0.2, -0.15) is 0 Å². The zero-order chi connectivity index (χ0) is 29.5. The fourth-order valence-electron chi connectivity index (χ4n) is 7.10. The molecular weight excluding hydrogens is 509 g/mol. The second-order valence-corrected chi connectivity index (χ2v) is 18.4. The Morgan fingerprint density at radius 3 is 0.829 bits per heavy atom. The summed E-state index contributed by atoms with van der Waals surface area (Å²) in [5.74, 6) is 0. The first-order chi connectivity index (χ1) is 20.3. The monoisotopic (exact) mass is 585 g/mol. The van der Waals surface area contributed by atoms with Crippen LogP contribution in [0.5, 0.6) is 0 Å². The third-order valence-corrected chi connectivity index (χ3v) is 15.4. The van der Waals surface area contributed by atoms with E-state index in [2.05, 4.69) is 51.1 Å². The minimum absolute atomic E-state index is 1.36. The van der Waals surface area contributed by atoms with E-state index in [1.165, 1.54) is 180 Å². The van der Waals surface area contributed by atoms with Gasteiger partial charge in [-0.25, -0.2) is 0 Å². The smallest absolute Gasteiger partial charge is 0.0654 e. The molecule has 0 N–H and O–H groups in total. The van der Waals surface area contributed by atoms with Gasteiger partial charge in [0, 0.05) is 0 Å². The lowest BCUT2D eigenvalue weighted by Gasteiger charge is -2.33. The molecular formula is C40H76Si. The van der Waals surface area contributed by atoms with Gasteiger partial charge in [-0.15, -0.1) is 0 Å². The van der Waals surface area contributed by atoms with Gasteiger partial charge < -0.3 is 0 Å². The van der Waals surface area contributed by atoms with Gasteiger partial charge >= 0.3 is 0 Å². The molecule has 0 aliphatic carbocycles. The average molecular weight is 585 g/mol. The van der Waals surface area contributed by atoms with Crippen LogP contribution in [0.15, 0.2) is 30.3 Å². The summed E-state index contributed by atoms with van der Waals surface area (Å²) in [6, 6.07) is 16.7. The molecule has 1 aromatic rings. The summed E-state index contributed by atoms with van der Waals surface area (Å²) >= 11 is 0. The van der Waals surface area contributed by atoms with Gasteiger partial charge in [0.25, 0.3) is 0 Å². The van der Waals surface area contributed by atoms with Gasteiger partial charge in [0.1, 0.15) is 0 Å². The van der Waals surface area contributed by atoms with E-state index in [1.54, 1.807) is 23.3 Å². The Morgan fingerprint density at radius 1 is 0.317 bits per heavy atom. The maximum atomic E-state index is 2.54. The zero-order valence-electron chi connectivity index (χ0n) is 28.8. The van der Waals surface area contributed by atoms with Gasteiger partial charge in [0.15, 0.2) is 0 Å². The molecule has 1 rings (SSSR count). The summed E-state index contributed by atoms with van der Waals surface area (Å²) in [6.45, 7) is 6.98. The maximum absolute atomic E-state index is 2.54. The molecule has 0 unspecified atom stereocenters. The van der Waals surface area contributed by atoms with Gasteiger partial charge in [-0.05, 0) is 0 Å². The molecule has 0 aliphatic rings. The summed E-state index contributed by atoms with van der Waals surface area (Å²) in [7, 11) is -1.43. The molecule has 1 aromatic carbocycles. The summed E-state index contributed by atoms with van der Waals surface area (Å²) < 4.78 is 0. The van der Waals surface area contributed by atoms with E-state index in [1.807, 2.05) is 0 Å². The molecule has 41 heavy (non-hydrogen) atoms. The lowest BCUT2D eigenvalue weighted by Crippen LogP contribution is -2.47. The van der Waals surface area contributed by atoms with Gasteiger partial charge in [0.05, 0.1) is 8.07 Å². The topological polar surface area (TPSA) is 0 Å². The van der Waals surface area contributed by atoms with Crippen LogP contribution in [-0.2, 0) is 0 Å². The van der Waals surface area contributed by atoms with Crippen molar-refractivity contribution in [3.05, 3.63) is 30.3 Å². The first-order valence-corrected chi connectivity index (χ1v) is 22.0. The maximum Gasteiger partial charge on any atom is 0.0867 e. The fourth-order valence-corrected chi connectivity index (χ4v) is 12.4. The average Bonchev–Trinajstić information content (AvgIpc) is 3.00. The molecule has 0 fully saturated rings. The molecule has 1 heteroatoms. The molecule has 240 valence electrons. The van der Waals surface area contributed by atoms with E-state index in [0.29, 0.717) is 0 Å². The molecule has 0 spiro atoms. The van der Waals surface area contributed by atoms with Crippen LogP contribution < -0.4 is 5.19 Å². The van der Waals surface area contributed by atoms with Crippen molar-refractivity contribution in [1.82, 2.24) is 0 Å². The minimum Gasteiger partial charge on any atom is -0.0654 e. The first-order valence-electron chi connectivity index (χ1n) is 19.3. The molecule has 0 radical (unpaired) electrons. The van der Waals surface area contributed by atoms with E-state index in [4.69, 9.17) is 0 Å². The van der Waals surface area contributed by atoms with Crippen LogP contribution in [0.2, 0.25) is 18.1 Å².